The van der Waals surface area contributed by atoms with Crippen molar-refractivity contribution in [3.63, 3.8) is 0 Å². The molecule has 0 radical (unpaired) electrons. The van der Waals surface area contributed by atoms with Gasteiger partial charge >= 0.3 is 0 Å². The van der Waals surface area contributed by atoms with Gasteiger partial charge in [-0.3, -0.25) is 4.79 Å². The molecule has 9 heteroatoms. The zero-order valence-electron chi connectivity index (χ0n) is 17.2. The SMILES string of the molecule is Cc1cccc(C)c1NC(=O)CCCS(=O)(=O)[C@@H](C)c1nnnn1-c1ccccc1. The van der Waals surface area contributed by atoms with Gasteiger partial charge in [-0.2, -0.15) is 4.68 Å². The number of tetrazole rings is 1. The molecule has 2 aromatic carbocycles. The van der Waals surface area contributed by atoms with Gasteiger partial charge in [-0.25, -0.2) is 8.42 Å². The minimum Gasteiger partial charge on any atom is -0.326 e. The Bertz CT molecular complexity index is 1110. The highest BCUT2D eigenvalue weighted by Gasteiger charge is 2.28. The molecular weight excluding hydrogens is 402 g/mol. The molecule has 0 bridgehead atoms. The molecule has 0 fully saturated rings. The summed E-state index contributed by atoms with van der Waals surface area (Å²) in [7, 11) is -3.54. The Kier molecular flexibility index (Phi) is 6.61. The molecule has 1 N–H and O–H groups in total. The van der Waals surface area contributed by atoms with E-state index in [9.17, 15) is 13.2 Å². The lowest BCUT2D eigenvalue weighted by molar-refractivity contribution is -0.116. The molecule has 0 aliphatic heterocycles. The van der Waals surface area contributed by atoms with Gasteiger partial charge in [-0.05, 0) is 60.9 Å². The summed E-state index contributed by atoms with van der Waals surface area (Å²) in [6.45, 7) is 5.41. The first-order chi connectivity index (χ1) is 14.3. The highest BCUT2D eigenvalue weighted by molar-refractivity contribution is 7.91. The largest absolute Gasteiger partial charge is 0.326 e. The lowest BCUT2D eigenvalue weighted by Gasteiger charge is -2.14. The van der Waals surface area contributed by atoms with Crippen LogP contribution in [0, 0.1) is 13.8 Å². The Morgan fingerprint density at radius 3 is 2.40 bits per heavy atom. The number of sulfone groups is 1. The second-order valence-electron chi connectivity index (χ2n) is 7.21. The van der Waals surface area contributed by atoms with Crippen LogP contribution in [0.4, 0.5) is 5.69 Å². The first kappa shape index (κ1) is 21.6. The summed E-state index contributed by atoms with van der Waals surface area (Å²) in [6.07, 6.45) is 0.333. The Hall–Kier alpha value is -3.07. The Balaban J connectivity index is 1.62. The summed E-state index contributed by atoms with van der Waals surface area (Å²) in [5, 5.41) is 13.5. The molecule has 1 amide bonds. The minimum absolute atomic E-state index is 0.114. The van der Waals surface area contributed by atoms with Crippen LogP contribution in [0.2, 0.25) is 0 Å². The maximum Gasteiger partial charge on any atom is 0.224 e. The Labute approximate surface area is 176 Å². The summed E-state index contributed by atoms with van der Waals surface area (Å²) in [4.78, 5) is 12.3. The van der Waals surface area contributed by atoms with Crippen molar-refractivity contribution < 1.29 is 13.2 Å². The van der Waals surface area contributed by atoms with Crippen LogP contribution in [-0.4, -0.2) is 40.3 Å². The number of amides is 1. The van der Waals surface area contributed by atoms with Gasteiger partial charge in [0, 0.05) is 12.1 Å². The van der Waals surface area contributed by atoms with Crippen LogP contribution in [0.3, 0.4) is 0 Å². The van der Waals surface area contributed by atoms with Crippen molar-refractivity contribution in [2.75, 3.05) is 11.1 Å². The van der Waals surface area contributed by atoms with Crippen molar-refractivity contribution in [1.82, 2.24) is 20.2 Å². The van der Waals surface area contributed by atoms with Crippen LogP contribution in [0.25, 0.3) is 5.69 Å². The van der Waals surface area contributed by atoms with Gasteiger partial charge in [0.15, 0.2) is 15.7 Å². The number of aromatic nitrogens is 4. The maximum atomic E-state index is 12.8. The average molecular weight is 428 g/mol. The van der Waals surface area contributed by atoms with Gasteiger partial charge in [0.05, 0.1) is 11.4 Å². The molecule has 8 nitrogen and oxygen atoms in total. The number of benzene rings is 2. The first-order valence-corrected chi connectivity index (χ1v) is 11.4. The lowest BCUT2D eigenvalue weighted by atomic mass is 10.1. The smallest absolute Gasteiger partial charge is 0.224 e. The van der Waals surface area contributed by atoms with E-state index in [0.717, 1.165) is 16.8 Å². The number of carbonyl (C=O) groups excluding carboxylic acids is 1. The quantitative estimate of drug-likeness (QED) is 0.592. The van der Waals surface area contributed by atoms with Crippen LogP contribution < -0.4 is 5.32 Å². The fourth-order valence-corrected chi connectivity index (χ4v) is 4.55. The third-order valence-electron chi connectivity index (χ3n) is 4.97. The number of aryl methyl sites for hydroxylation is 2. The van der Waals surface area contributed by atoms with Gasteiger partial charge in [0.1, 0.15) is 5.25 Å². The number of para-hydroxylation sites is 2. The summed E-state index contributed by atoms with van der Waals surface area (Å²) >= 11 is 0. The van der Waals surface area contributed by atoms with E-state index >= 15 is 0 Å². The molecule has 0 aliphatic carbocycles. The zero-order valence-corrected chi connectivity index (χ0v) is 18.1. The number of hydrogen-bond acceptors (Lipinski definition) is 6. The van der Waals surface area contributed by atoms with Crippen LogP contribution >= 0.6 is 0 Å². The van der Waals surface area contributed by atoms with Gasteiger partial charge in [-0.1, -0.05) is 36.4 Å². The Morgan fingerprint density at radius 1 is 1.07 bits per heavy atom. The second-order valence-corrected chi connectivity index (χ2v) is 9.65. The van der Waals surface area contributed by atoms with Crippen molar-refractivity contribution in [3.8, 4) is 5.69 Å². The third-order valence-corrected chi connectivity index (χ3v) is 7.12. The van der Waals surface area contributed by atoms with Crippen LogP contribution in [0.15, 0.2) is 48.5 Å². The number of carbonyl (C=O) groups is 1. The summed E-state index contributed by atoms with van der Waals surface area (Å²) in [6, 6.07) is 14.9. The summed E-state index contributed by atoms with van der Waals surface area (Å²) in [5.74, 6) is -0.0822. The monoisotopic (exact) mass is 427 g/mol. The third kappa shape index (κ3) is 4.91. The van der Waals surface area contributed by atoms with Gasteiger partial charge in [-0.15, -0.1) is 5.10 Å². The van der Waals surface area contributed by atoms with E-state index in [1.54, 1.807) is 19.1 Å². The van der Waals surface area contributed by atoms with Crippen molar-refractivity contribution in [2.24, 2.45) is 0 Å². The van der Waals surface area contributed by atoms with Crippen molar-refractivity contribution >= 4 is 21.4 Å². The summed E-state index contributed by atoms with van der Waals surface area (Å²) in [5.41, 5.74) is 3.41. The minimum atomic E-state index is -3.54. The van der Waals surface area contributed by atoms with E-state index < -0.39 is 15.1 Å². The molecule has 1 heterocycles. The first-order valence-electron chi connectivity index (χ1n) is 9.71. The number of hydrogen-bond donors (Lipinski definition) is 1. The van der Waals surface area contributed by atoms with Crippen molar-refractivity contribution in [1.29, 1.82) is 0 Å². The fourth-order valence-electron chi connectivity index (χ4n) is 3.19. The molecule has 3 aromatic rings. The van der Waals surface area contributed by atoms with Gasteiger partial charge in [0.25, 0.3) is 0 Å². The molecule has 1 atom stereocenters. The fraction of sp³-hybridized carbons (Fsp3) is 0.333. The highest BCUT2D eigenvalue weighted by atomic mass is 32.2. The van der Waals surface area contributed by atoms with E-state index in [-0.39, 0.29) is 30.3 Å². The molecule has 3 rings (SSSR count). The van der Waals surface area contributed by atoms with Gasteiger partial charge < -0.3 is 5.32 Å². The van der Waals surface area contributed by atoms with E-state index in [1.807, 2.05) is 50.2 Å². The maximum absolute atomic E-state index is 12.8. The molecule has 0 spiro atoms. The highest BCUT2D eigenvalue weighted by Crippen LogP contribution is 2.24. The normalized spacial score (nSPS) is 12.5. The average Bonchev–Trinajstić information content (AvgIpc) is 3.20. The van der Waals surface area contributed by atoms with Crippen molar-refractivity contribution in [2.45, 2.75) is 38.9 Å². The predicted molar refractivity (Wildman–Crippen MR) is 115 cm³/mol. The molecule has 1 aromatic heterocycles. The zero-order chi connectivity index (χ0) is 21.7. The van der Waals surface area contributed by atoms with Gasteiger partial charge in [0.2, 0.25) is 5.91 Å². The molecule has 0 aliphatic rings. The number of nitrogens with zero attached hydrogens (tertiary/aromatic N) is 4. The number of anilines is 1. The standard InChI is InChI=1S/C21H25N5O3S/c1-15-9-7-10-16(2)20(15)22-19(27)13-8-14-30(28,29)17(3)21-23-24-25-26(21)18-11-5-4-6-12-18/h4-7,9-12,17H,8,13-14H2,1-3H3,(H,22,27)/t17-/m0/s1. The van der Waals surface area contributed by atoms with E-state index in [2.05, 4.69) is 20.8 Å². The van der Waals surface area contributed by atoms with Crippen LogP contribution in [0.1, 0.15) is 42.0 Å². The molecule has 0 saturated carbocycles. The van der Waals surface area contributed by atoms with Crippen LogP contribution in [-0.2, 0) is 14.6 Å². The Morgan fingerprint density at radius 2 is 1.73 bits per heavy atom. The van der Waals surface area contributed by atoms with E-state index in [1.165, 1.54) is 4.68 Å². The predicted octanol–water partition coefficient (Wildman–Crippen LogP) is 3.17. The van der Waals surface area contributed by atoms with E-state index in [4.69, 9.17) is 0 Å². The van der Waals surface area contributed by atoms with E-state index in [0.29, 0.717) is 5.69 Å². The molecule has 0 unspecified atom stereocenters. The number of rotatable bonds is 8. The summed E-state index contributed by atoms with van der Waals surface area (Å²) < 4.78 is 27.1. The molecule has 30 heavy (non-hydrogen) atoms. The van der Waals surface area contributed by atoms with Crippen molar-refractivity contribution in [3.05, 3.63) is 65.5 Å². The topological polar surface area (TPSA) is 107 Å². The lowest BCUT2D eigenvalue weighted by Crippen LogP contribution is -2.20. The molecule has 0 saturated heterocycles. The van der Waals surface area contributed by atoms with Crippen LogP contribution in [0.5, 0.6) is 0 Å². The second kappa shape index (κ2) is 9.17. The molecule has 158 valence electrons. The molecular formula is C21H25N5O3S. The number of nitrogens with one attached hydrogen (secondary N) is 1.